The maximum Gasteiger partial charge on any atom is 0.306 e. The fraction of sp³-hybridized carbons (Fsp3) is 0.478. The molecule has 3 aliphatic rings. The summed E-state index contributed by atoms with van der Waals surface area (Å²) in [6.45, 7) is 2.28. The van der Waals surface area contributed by atoms with Crippen LogP contribution in [0.25, 0.3) is 11.1 Å². The smallest absolute Gasteiger partial charge is 0.306 e. The summed E-state index contributed by atoms with van der Waals surface area (Å²) in [5.74, 6) is 0.0736. The van der Waals surface area contributed by atoms with Gasteiger partial charge in [0.1, 0.15) is 5.75 Å². The van der Waals surface area contributed by atoms with Crippen molar-refractivity contribution >= 4 is 5.97 Å². The molecule has 1 aromatic heterocycles. The maximum atomic E-state index is 11.0. The zero-order chi connectivity index (χ0) is 20.7. The molecular formula is C23H26N2O5. The Labute approximate surface area is 175 Å². The summed E-state index contributed by atoms with van der Waals surface area (Å²) in [5, 5.41) is 9.09. The fourth-order valence-corrected chi connectivity index (χ4v) is 4.65. The van der Waals surface area contributed by atoms with Gasteiger partial charge in [0.05, 0.1) is 19.6 Å². The monoisotopic (exact) mass is 410 g/mol. The molecule has 1 N–H and O–H groups in total. The van der Waals surface area contributed by atoms with Gasteiger partial charge in [0.15, 0.2) is 0 Å². The minimum absolute atomic E-state index is 0.171. The van der Waals surface area contributed by atoms with E-state index in [1.165, 1.54) is 0 Å². The molecule has 0 atom stereocenters. The van der Waals surface area contributed by atoms with Crippen molar-refractivity contribution in [3.63, 3.8) is 0 Å². The Morgan fingerprint density at radius 3 is 2.63 bits per heavy atom. The molecule has 5 rings (SSSR count). The first-order chi connectivity index (χ1) is 14.5. The maximum absolute atomic E-state index is 11.0. The molecule has 158 valence electrons. The molecule has 1 spiro atoms. The van der Waals surface area contributed by atoms with E-state index >= 15 is 0 Å². The summed E-state index contributed by atoms with van der Waals surface area (Å²) in [6, 6.07) is 10.4. The lowest BCUT2D eigenvalue weighted by Gasteiger charge is -2.48. The van der Waals surface area contributed by atoms with Crippen molar-refractivity contribution in [2.75, 3.05) is 20.2 Å². The lowest BCUT2D eigenvalue weighted by molar-refractivity contribution is -0.232. The molecule has 3 heterocycles. The number of fused-ring (bicyclic) bond motifs is 1. The number of methoxy groups -OCH3 is 1. The second-order valence-electron chi connectivity index (χ2n) is 8.41. The normalized spacial score (nSPS) is 25.1. The van der Waals surface area contributed by atoms with Gasteiger partial charge >= 0.3 is 5.97 Å². The van der Waals surface area contributed by atoms with Crippen molar-refractivity contribution in [2.45, 2.75) is 44.1 Å². The van der Waals surface area contributed by atoms with Gasteiger partial charge in [0.25, 0.3) is 0 Å². The Balaban J connectivity index is 1.23. The van der Waals surface area contributed by atoms with Gasteiger partial charge in [-0.15, -0.1) is 0 Å². The molecule has 0 amide bonds. The zero-order valence-corrected chi connectivity index (χ0v) is 17.0. The second kappa shape index (κ2) is 7.56. The Kier molecular flexibility index (Phi) is 4.87. The number of carboxylic acids is 1. The highest BCUT2D eigenvalue weighted by molar-refractivity contribution is 5.71. The highest BCUT2D eigenvalue weighted by Crippen LogP contribution is 2.41. The number of hydrogen-bond acceptors (Lipinski definition) is 6. The van der Waals surface area contributed by atoms with Crippen LogP contribution in [0.15, 0.2) is 36.5 Å². The van der Waals surface area contributed by atoms with E-state index in [4.69, 9.17) is 19.3 Å². The number of aromatic nitrogens is 1. The molecule has 7 heteroatoms. The third kappa shape index (κ3) is 3.52. The van der Waals surface area contributed by atoms with Gasteiger partial charge in [-0.25, -0.2) is 4.98 Å². The van der Waals surface area contributed by atoms with E-state index in [1.807, 2.05) is 18.2 Å². The highest BCUT2D eigenvalue weighted by atomic mass is 16.7. The molecule has 7 nitrogen and oxygen atoms in total. The van der Waals surface area contributed by atoms with Crippen LogP contribution in [0, 0.1) is 5.92 Å². The first kappa shape index (κ1) is 19.3. The number of carboxylic acid groups (broad SMARTS) is 1. The molecule has 0 unspecified atom stereocenters. The number of ether oxygens (including phenoxy) is 3. The van der Waals surface area contributed by atoms with Crippen LogP contribution in [0.3, 0.4) is 0 Å². The van der Waals surface area contributed by atoms with Crippen LogP contribution in [-0.2, 0) is 16.1 Å². The Morgan fingerprint density at radius 1 is 1.20 bits per heavy atom. The largest absolute Gasteiger partial charge is 0.481 e. The molecule has 2 aromatic rings. The minimum atomic E-state index is -0.667. The number of rotatable bonds is 4. The third-order valence-corrected chi connectivity index (χ3v) is 6.66. The van der Waals surface area contributed by atoms with Crippen molar-refractivity contribution in [1.29, 1.82) is 0 Å². The average Bonchev–Trinajstić information content (AvgIpc) is 2.74. The minimum Gasteiger partial charge on any atom is -0.481 e. The topological polar surface area (TPSA) is 81.1 Å². The Morgan fingerprint density at radius 2 is 1.97 bits per heavy atom. The predicted octanol–water partition coefficient (Wildman–Crippen LogP) is 3.32. The van der Waals surface area contributed by atoms with Gasteiger partial charge in [0.2, 0.25) is 11.7 Å². The second-order valence-corrected chi connectivity index (χ2v) is 8.41. The molecule has 0 radical (unpaired) electrons. The highest BCUT2D eigenvalue weighted by Gasteiger charge is 2.45. The number of hydrogen-bond donors (Lipinski definition) is 1. The number of piperidine rings is 1. The number of likely N-dealkylation sites (tertiary alicyclic amines) is 1. The van der Waals surface area contributed by atoms with E-state index in [9.17, 15) is 4.79 Å². The lowest BCUT2D eigenvalue weighted by atomic mass is 9.78. The van der Waals surface area contributed by atoms with Crippen LogP contribution in [-0.4, -0.2) is 53.0 Å². The molecule has 2 aliphatic heterocycles. The van der Waals surface area contributed by atoms with Gasteiger partial charge < -0.3 is 19.3 Å². The van der Waals surface area contributed by atoms with E-state index < -0.39 is 11.8 Å². The van der Waals surface area contributed by atoms with Crippen molar-refractivity contribution in [2.24, 2.45) is 5.92 Å². The van der Waals surface area contributed by atoms with Gasteiger partial charge in [-0.3, -0.25) is 9.69 Å². The molecule has 2 fully saturated rings. The number of pyridine rings is 1. The summed E-state index contributed by atoms with van der Waals surface area (Å²) < 4.78 is 17.7. The zero-order valence-electron chi connectivity index (χ0n) is 17.0. The molecule has 1 aliphatic carbocycles. The van der Waals surface area contributed by atoms with Crippen LogP contribution in [0.5, 0.6) is 11.6 Å². The van der Waals surface area contributed by atoms with Gasteiger partial charge in [-0.1, -0.05) is 6.07 Å². The summed E-state index contributed by atoms with van der Waals surface area (Å²) in [7, 11) is 1.61. The van der Waals surface area contributed by atoms with Crippen molar-refractivity contribution in [3.05, 3.63) is 42.1 Å². The molecule has 1 saturated carbocycles. The number of aliphatic carboxylic acids is 1. The standard InChI is InChI=1S/C23H26N2O5/c1-28-21-5-3-16(13-24-21)15-2-4-20-18(10-15)14-29-23(30-20)6-8-25(9-7-23)19-11-17(12-19)22(26)27/h2-5,10,13,17,19H,6-9,11-12,14H2,1H3,(H,26,27). The van der Waals surface area contributed by atoms with E-state index in [0.717, 1.165) is 61.2 Å². The summed E-state index contributed by atoms with van der Waals surface area (Å²) >= 11 is 0. The molecular weight excluding hydrogens is 384 g/mol. The van der Waals surface area contributed by atoms with Crippen molar-refractivity contribution in [3.8, 4) is 22.8 Å². The van der Waals surface area contributed by atoms with E-state index in [2.05, 4.69) is 22.0 Å². The molecule has 1 saturated heterocycles. The molecule has 30 heavy (non-hydrogen) atoms. The van der Waals surface area contributed by atoms with E-state index in [-0.39, 0.29) is 5.92 Å². The molecule has 1 aromatic carbocycles. The van der Waals surface area contributed by atoms with Crippen LogP contribution in [0.2, 0.25) is 0 Å². The third-order valence-electron chi connectivity index (χ3n) is 6.66. The summed E-state index contributed by atoms with van der Waals surface area (Å²) in [4.78, 5) is 17.7. The number of carbonyl (C=O) groups is 1. The van der Waals surface area contributed by atoms with Crippen LogP contribution < -0.4 is 9.47 Å². The van der Waals surface area contributed by atoms with Gasteiger partial charge in [-0.05, 0) is 36.6 Å². The fourth-order valence-electron chi connectivity index (χ4n) is 4.65. The SMILES string of the molecule is COc1ccc(-c2ccc3c(c2)COC2(CCN(C4CC(C(=O)O)C4)CC2)O3)cn1. The van der Waals surface area contributed by atoms with Crippen LogP contribution >= 0.6 is 0 Å². The summed E-state index contributed by atoms with van der Waals surface area (Å²) in [6.07, 6.45) is 4.92. The van der Waals surface area contributed by atoms with E-state index in [1.54, 1.807) is 13.3 Å². The lowest BCUT2D eigenvalue weighted by Crippen LogP contribution is -2.56. The van der Waals surface area contributed by atoms with Crippen LogP contribution in [0.1, 0.15) is 31.2 Å². The van der Waals surface area contributed by atoms with Gasteiger partial charge in [0, 0.05) is 55.4 Å². The quantitative estimate of drug-likeness (QED) is 0.828. The number of nitrogens with zero attached hydrogens (tertiary/aromatic N) is 2. The van der Waals surface area contributed by atoms with Crippen molar-refractivity contribution in [1.82, 2.24) is 9.88 Å². The number of benzene rings is 1. The Bertz CT molecular complexity index is 931. The summed E-state index contributed by atoms with van der Waals surface area (Å²) in [5.41, 5.74) is 3.13. The average molecular weight is 410 g/mol. The molecule has 0 bridgehead atoms. The Hall–Kier alpha value is -2.64. The first-order valence-electron chi connectivity index (χ1n) is 10.5. The van der Waals surface area contributed by atoms with Crippen LogP contribution in [0.4, 0.5) is 0 Å². The first-order valence-corrected chi connectivity index (χ1v) is 10.5. The van der Waals surface area contributed by atoms with Gasteiger partial charge in [-0.2, -0.15) is 0 Å². The van der Waals surface area contributed by atoms with E-state index in [0.29, 0.717) is 18.5 Å². The van der Waals surface area contributed by atoms with Crippen molar-refractivity contribution < 1.29 is 24.1 Å². The predicted molar refractivity (Wildman–Crippen MR) is 109 cm³/mol.